The predicted octanol–water partition coefficient (Wildman–Crippen LogP) is 5.07. The summed E-state index contributed by atoms with van der Waals surface area (Å²) < 4.78 is 100. The van der Waals surface area contributed by atoms with Crippen molar-refractivity contribution in [3.63, 3.8) is 0 Å². The second-order valence-corrected chi connectivity index (χ2v) is 8.26. The number of aromatic amines is 1. The molecule has 31 heavy (non-hydrogen) atoms. The number of aromatic nitrogens is 2. The van der Waals surface area contributed by atoms with Crippen molar-refractivity contribution in [2.24, 2.45) is 5.92 Å². The molecule has 0 amide bonds. The van der Waals surface area contributed by atoms with Gasteiger partial charge in [0.1, 0.15) is 11.6 Å². The van der Waals surface area contributed by atoms with Gasteiger partial charge in [0, 0.05) is 32.5 Å². The Kier molecular flexibility index (Phi) is 3.73. The Morgan fingerprint density at radius 3 is 2.94 bits per heavy atom. The summed E-state index contributed by atoms with van der Waals surface area (Å²) in [7, 11) is 1.19. The van der Waals surface area contributed by atoms with Crippen molar-refractivity contribution in [2.45, 2.75) is 57.3 Å². The molecule has 0 unspecified atom stereocenters. The van der Waals surface area contributed by atoms with E-state index in [1.807, 2.05) is 0 Å². The average molecular weight is 434 g/mol. The van der Waals surface area contributed by atoms with Gasteiger partial charge in [-0.3, -0.25) is 0 Å². The third kappa shape index (κ3) is 4.83. The standard InChI is InChI=1S/C26H34FN3O/c1-18(2)25-21-11-10-20(27)17-19(21)12-13-26(25,31)14-16-30(3)15-6-9-24-28-22-7-4-5-8-23(22)29-24/h4-5,7-8,10-11,17-18,25,31H,6,9,12-16H2,1-3H3,(H,28,29)/t25-,26-/m0/s1/i6D2,9D2,12D2,13D2,15D2. The third-order valence-electron chi connectivity index (χ3n) is 5.59. The van der Waals surface area contributed by atoms with Gasteiger partial charge in [-0.25, -0.2) is 9.37 Å². The molecule has 2 atom stereocenters. The zero-order chi connectivity index (χ0) is 31.0. The van der Waals surface area contributed by atoms with Crippen LogP contribution >= 0.6 is 0 Å². The number of hydrogen-bond donors (Lipinski definition) is 2. The van der Waals surface area contributed by atoms with E-state index >= 15 is 0 Å². The Labute approximate surface area is 198 Å². The van der Waals surface area contributed by atoms with Crippen LogP contribution in [0.4, 0.5) is 4.39 Å². The fraction of sp³-hybridized carbons (Fsp3) is 0.500. The Bertz CT molecular complexity index is 1410. The van der Waals surface area contributed by atoms with E-state index in [0.717, 1.165) is 17.0 Å². The van der Waals surface area contributed by atoms with E-state index in [-0.39, 0.29) is 11.1 Å². The molecule has 5 heteroatoms. The molecule has 1 heterocycles. The molecule has 1 aliphatic carbocycles. The van der Waals surface area contributed by atoms with E-state index in [2.05, 4.69) is 9.97 Å². The molecule has 2 aromatic carbocycles. The molecule has 166 valence electrons. The van der Waals surface area contributed by atoms with E-state index in [1.54, 1.807) is 38.1 Å². The van der Waals surface area contributed by atoms with Gasteiger partial charge in [0.25, 0.3) is 0 Å². The molecular formula is C26H34FN3O. The number of halogens is 1. The summed E-state index contributed by atoms with van der Waals surface area (Å²) in [5.74, 6) is -2.59. The predicted molar refractivity (Wildman–Crippen MR) is 124 cm³/mol. The molecule has 0 radical (unpaired) electrons. The minimum absolute atomic E-state index is 0.204. The molecule has 2 N–H and O–H groups in total. The first-order valence-electron chi connectivity index (χ1n) is 15.3. The number of benzene rings is 2. The number of rotatable bonds is 8. The Balaban J connectivity index is 1.68. The molecule has 0 saturated carbocycles. The normalized spacial score (nSPS) is 30.6. The second-order valence-electron chi connectivity index (χ2n) is 8.26. The van der Waals surface area contributed by atoms with Gasteiger partial charge in [-0.15, -0.1) is 0 Å². The zero-order valence-electron chi connectivity index (χ0n) is 27.8. The second kappa shape index (κ2) is 9.09. The first-order valence-corrected chi connectivity index (χ1v) is 10.3. The Morgan fingerprint density at radius 1 is 1.35 bits per heavy atom. The molecule has 1 aliphatic rings. The highest BCUT2D eigenvalue weighted by Gasteiger charge is 2.43. The Hall–Kier alpha value is -2.24. The third-order valence-corrected chi connectivity index (χ3v) is 5.59. The molecule has 3 aromatic rings. The molecule has 1 aromatic heterocycles. The fourth-order valence-corrected chi connectivity index (χ4v) is 4.14. The van der Waals surface area contributed by atoms with E-state index < -0.39 is 74.0 Å². The highest BCUT2D eigenvalue weighted by atomic mass is 19.1. The Morgan fingerprint density at radius 2 is 2.16 bits per heavy atom. The summed E-state index contributed by atoms with van der Waals surface area (Å²) in [6.45, 7) is -0.0401. The van der Waals surface area contributed by atoms with E-state index in [1.165, 1.54) is 13.1 Å². The number of aryl methyl sites for hydroxylation is 2. The van der Waals surface area contributed by atoms with Gasteiger partial charge in [-0.1, -0.05) is 32.0 Å². The SMILES string of the molecule is [2H]C([2H])(c1nc2ccccc2[nH]1)C([2H])([2H])C([2H])([2H])N(C)CC[C@]1(O)[C@@H](C(C)C)c2ccc(F)cc2C([2H])([2H])C1([2H])[2H]. The lowest BCUT2D eigenvalue weighted by Crippen LogP contribution is -2.45. The maximum absolute atomic E-state index is 14.1. The summed E-state index contributed by atoms with van der Waals surface area (Å²) >= 11 is 0. The van der Waals surface area contributed by atoms with Crippen molar-refractivity contribution < 1.29 is 23.2 Å². The maximum atomic E-state index is 14.1. The van der Waals surface area contributed by atoms with Crippen molar-refractivity contribution in [1.29, 1.82) is 0 Å². The monoisotopic (exact) mass is 433 g/mol. The summed E-state index contributed by atoms with van der Waals surface area (Å²) in [5.41, 5.74) is -1.54. The maximum Gasteiger partial charge on any atom is 0.123 e. The number of fused-ring (bicyclic) bond motifs is 2. The van der Waals surface area contributed by atoms with Crippen molar-refractivity contribution in [2.75, 3.05) is 20.1 Å². The molecule has 4 rings (SSSR count). The van der Waals surface area contributed by atoms with Crippen LogP contribution in [0.2, 0.25) is 0 Å². The first-order chi connectivity index (χ1) is 18.6. The van der Waals surface area contributed by atoms with Crippen LogP contribution in [0.25, 0.3) is 11.0 Å². The highest BCUT2D eigenvalue weighted by Crippen LogP contribution is 2.45. The lowest BCUT2D eigenvalue weighted by atomic mass is 9.66. The van der Waals surface area contributed by atoms with Crippen LogP contribution in [0.3, 0.4) is 0 Å². The lowest BCUT2D eigenvalue weighted by Gasteiger charge is -2.44. The van der Waals surface area contributed by atoms with Crippen LogP contribution in [0.1, 0.15) is 69.6 Å². The average Bonchev–Trinajstić information content (AvgIpc) is 3.32. The van der Waals surface area contributed by atoms with E-state index in [4.69, 9.17) is 13.7 Å². The number of nitrogens with zero attached hydrogens (tertiary/aromatic N) is 2. The van der Waals surface area contributed by atoms with E-state index in [0.29, 0.717) is 11.0 Å². The number of para-hydroxylation sites is 2. The number of aliphatic hydroxyl groups is 1. The van der Waals surface area contributed by atoms with Crippen LogP contribution < -0.4 is 0 Å². The molecule has 4 nitrogen and oxygen atoms in total. The van der Waals surface area contributed by atoms with Gasteiger partial charge in [-0.05, 0) is 80.4 Å². The topological polar surface area (TPSA) is 52.2 Å². The summed E-state index contributed by atoms with van der Waals surface area (Å²) in [6, 6.07) is 9.99. The van der Waals surface area contributed by atoms with Crippen LogP contribution in [-0.4, -0.2) is 45.7 Å². The fourth-order valence-electron chi connectivity index (χ4n) is 4.14. The summed E-state index contributed by atoms with van der Waals surface area (Å²) in [5, 5.41) is 12.0. The molecular weight excluding hydrogens is 389 g/mol. The molecule has 0 bridgehead atoms. The smallest absolute Gasteiger partial charge is 0.123 e. The molecule has 0 saturated heterocycles. The van der Waals surface area contributed by atoms with Crippen LogP contribution in [0.5, 0.6) is 0 Å². The molecule has 0 spiro atoms. The van der Waals surface area contributed by atoms with Crippen LogP contribution in [-0.2, 0) is 12.7 Å². The van der Waals surface area contributed by atoms with Crippen molar-refractivity contribution in [1.82, 2.24) is 14.9 Å². The number of H-pyrrole nitrogens is 1. The van der Waals surface area contributed by atoms with Gasteiger partial charge in [0.2, 0.25) is 0 Å². The zero-order valence-corrected chi connectivity index (χ0v) is 17.8. The number of hydrogen-bond acceptors (Lipinski definition) is 3. The minimum atomic E-state index is -3.20. The van der Waals surface area contributed by atoms with Gasteiger partial charge in [-0.2, -0.15) is 0 Å². The largest absolute Gasteiger partial charge is 0.389 e. The van der Waals surface area contributed by atoms with Gasteiger partial charge in [0.05, 0.1) is 16.6 Å². The summed E-state index contributed by atoms with van der Waals surface area (Å²) in [4.78, 5) is 7.71. The van der Waals surface area contributed by atoms with Gasteiger partial charge >= 0.3 is 0 Å². The summed E-state index contributed by atoms with van der Waals surface area (Å²) in [6.07, 6.45) is -12.4. The minimum Gasteiger partial charge on any atom is -0.389 e. The van der Waals surface area contributed by atoms with Crippen LogP contribution in [0.15, 0.2) is 42.5 Å². The quantitative estimate of drug-likeness (QED) is 0.521. The molecule has 0 aliphatic heterocycles. The van der Waals surface area contributed by atoms with Gasteiger partial charge in [0.15, 0.2) is 0 Å². The van der Waals surface area contributed by atoms with Crippen molar-refractivity contribution in [3.05, 3.63) is 65.2 Å². The number of imidazole rings is 1. The van der Waals surface area contributed by atoms with Crippen molar-refractivity contribution >= 4 is 11.0 Å². The highest BCUT2D eigenvalue weighted by molar-refractivity contribution is 5.74. The van der Waals surface area contributed by atoms with E-state index in [9.17, 15) is 9.50 Å². The first kappa shape index (κ1) is 12.7. The van der Waals surface area contributed by atoms with Crippen LogP contribution in [0, 0.1) is 11.7 Å². The lowest BCUT2D eigenvalue weighted by molar-refractivity contribution is -0.0301. The van der Waals surface area contributed by atoms with Gasteiger partial charge < -0.3 is 15.0 Å². The molecule has 0 fully saturated rings. The number of nitrogens with one attached hydrogen (secondary N) is 1. The van der Waals surface area contributed by atoms with Crippen molar-refractivity contribution in [3.8, 4) is 0 Å².